The Morgan fingerprint density at radius 3 is 3.13 bits per heavy atom. The summed E-state index contributed by atoms with van der Waals surface area (Å²) in [5.74, 6) is 0.533. The molecule has 0 bridgehead atoms. The maximum atomic E-state index is 11.2. The number of aromatic amines is 1. The molecule has 5 nitrogen and oxygen atoms in total. The van der Waals surface area contributed by atoms with E-state index >= 15 is 0 Å². The molecule has 0 fully saturated rings. The molecular weight excluding hydrogens is 262 g/mol. The quantitative estimate of drug-likeness (QED) is 0.852. The molecule has 15 heavy (non-hydrogen) atoms. The van der Waals surface area contributed by atoms with Gasteiger partial charge in [0.15, 0.2) is 0 Å². The lowest BCUT2D eigenvalue weighted by Crippen LogP contribution is -2.24. The fourth-order valence-electron chi connectivity index (χ4n) is 1.05. The first-order chi connectivity index (χ1) is 7.15. The second-order valence-corrected chi connectivity index (χ2v) is 3.89. The van der Waals surface area contributed by atoms with Crippen LogP contribution in [0.1, 0.15) is 13.8 Å². The highest BCUT2D eigenvalue weighted by atomic mass is 79.9. The average Bonchev–Trinajstić information content (AvgIpc) is 2.22. The number of aromatic nitrogens is 2. The number of hydrogen-bond acceptors (Lipinski definition) is 4. The lowest BCUT2D eigenvalue weighted by molar-refractivity contribution is 0.141. The van der Waals surface area contributed by atoms with E-state index in [1.807, 2.05) is 13.8 Å². The Labute approximate surface area is 96.4 Å². The van der Waals surface area contributed by atoms with Crippen molar-refractivity contribution in [3.63, 3.8) is 0 Å². The van der Waals surface area contributed by atoms with Crippen LogP contribution < -0.4 is 10.9 Å². The SMILES string of the molecule is CCOCC(C)Nc1nc[nH]c(=O)c1Br. The van der Waals surface area contributed by atoms with Crippen LogP contribution in [-0.4, -0.2) is 29.2 Å². The Morgan fingerprint density at radius 2 is 2.47 bits per heavy atom. The van der Waals surface area contributed by atoms with Crippen LogP contribution in [0, 0.1) is 0 Å². The molecule has 0 aliphatic carbocycles. The topological polar surface area (TPSA) is 67.0 Å². The molecule has 1 heterocycles. The van der Waals surface area contributed by atoms with E-state index in [0.29, 0.717) is 23.5 Å². The second-order valence-electron chi connectivity index (χ2n) is 3.10. The highest BCUT2D eigenvalue weighted by Crippen LogP contribution is 2.14. The van der Waals surface area contributed by atoms with Gasteiger partial charge in [0.05, 0.1) is 12.9 Å². The molecule has 6 heteroatoms. The van der Waals surface area contributed by atoms with Crippen LogP contribution in [0.15, 0.2) is 15.6 Å². The van der Waals surface area contributed by atoms with Crippen molar-refractivity contribution in [2.45, 2.75) is 19.9 Å². The number of halogens is 1. The first kappa shape index (κ1) is 12.2. The molecule has 0 saturated heterocycles. The molecule has 0 aliphatic rings. The van der Waals surface area contributed by atoms with Crippen LogP contribution >= 0.6 is 15.9 Å². The Kier molecular flexibility index (Phi) is 4.77. The zero-order valence-electron chi connectivity index (χ0n) is 8.71. The minimum Gasteiger partial charge on any atom is -0.380 e. The number of ether oxygens (including phenoxy) is 1. The van der Waals surface area contributed by atoms with E-state index in [9.17, 15) is 4.79 Å². The molecule has 2 N–H and O–H groups in total. The predicted molar refractivity (Wildman–Crippen MR) is 62.1 cm³/mol. The van der Waals surface area contributed by atoms with E-state index in [4.69, 9.17) is 4.74 Å². The zero-order chi connectivity index (χ0) is 11.3. The minimum absolute atomic E-state index is 0.107. The van der Waals surface area contributed by atoms with Gasteiger partial charge in [0, 0.05) is 12.6 Å². The standard InChI is InChI=1S/C9H14BrN3O2/c1-3-15-4-6(2)13-8-7(10)9(14)12-5-11-8/h5-6H,3-4H2,1-2H3,(H2,11,12,13,14). The van der Waals surface area contributed by atoms with Gasteiger partial charge in [-0.1, -0.05) is 0 Å². The molecule has 0 saturated carbocycles. The van der Waals surface area contributed by atoms with Gasteiger partial charge in [0.1, 0.15) is 10.3 Å². The molecule has 1 atom stereocenters. The Hall–Kier alpha value is -0.880. The van der Waals surface area contributed by atoms with Crippen molar-refractivity contribution in [3.05, 3.63) is 21.2 Å². The third-order valence-corrected chi connectivity index (χ3v) is 2.49. The summed E-state index contributed by atoms with van der Waals surface area (Å²) >= 11 is 3.17. The summed E-state index contributed by atoms with van der Waals surface area (Å²) in [6, 6.07) is 0.107. The van der Waals surface area contributed by atoms with Gasteiger partial charge in [-0.15, -0.1) is 0 Å². The van der Waals surface area contributed by atoms with E-state index in [-0.39, 0.29) is 11.6 Å². The third kappa shape index (κ3) is 3.64. The minimum atomic E-state index is -0.198. The molecule has 84 valence electrons. The molecule has 1 unspecified atom stereocenters. The smallest absolute Gasteiger partial charge is 0.267 e. The van der Waals surface area contributed by atoms with Gasteiger partial charge in [-0.3, -0.25) is 4.79 Å². The first-order valence-electron chi connectivity index (χ1n) is 4.72. The third-order valence-electron chi connectivity index (χ3n) is 1.75. The van der Waals surface area contributed by atoms with Gasteiger partial charge < -0.3 is 15.0 Å². The van der Waals surface area contributed by atoms with Gasteiger partial charge in [0.2, 0.25) is 0 Å². The van der Waals surface area contributed by atoms with E-state index in [1.54, 1.807) is 0 Å². The maximum absolute atomic E-state index is 11.2. The monoisotopic (exact) mass is 275 g/mol. The average molecular weight is 276 g/mol. The van der Waals surface area contributed by atoms with Gasteiger partial charge in [-0.05, 0) is 29.8 Å². The number of hydrogen-bond donors (Lipinski definition) is 2. The van der Waals surface area contributed by atoms with Crippen molar-refractivity contribution in [1.29, 1.82) is 0 Å². The Morgan fingerprint density at radius 1 is 1.73 bits per heavy atom. The van der Waals surface area contributed by atoms with Crippen molar-refractivity contribution in [2.24, 2.45) is 0 Å². The molecule has 0 radical (unpaired) electrons. The van der Waals surface area contributed by atoms with E-state index in [2.05, 4.69) is 31.2 Å². The van der Waals surface area contributed by atoms with Crippen LogP contribution in [-0.2, 0) is 4.74 Å². The summed E-state index contributed by atoms with van der Waals surface area (Å²) in [5.41, 5.74) is -0.198. The zero-order valence-corrected chi connectivity index (χ0v) is 10.3. The molecule has 0 spiro atoms. The number of anilines is 1. The predicted octanol–water partition coefficient (Wildman–Crippen LogP) is 1.37. The highest BCUT2D eigenvalue weighted by Gasteiger charge is 2.08. The normalized spacial score (nSPS) is 12.5. The van der Waals surface area contributed by atoms with Crippen molar-refractivity contribution >= 4 is 21.7 Å². The van der Waals surface area contributed by atoms with Crippen LogP contribution in [0.25, 0.3) is 0 Å². The number of nitrogens with zero attached hydrogens (tertiary/aromatic N) is 1. The van der Waals surface area contributed by atoms with Crippen molar-refractivity contribution in [2.75, 3.05) is 18.5 Å². The summed E-state index contributed by atoms with van der Waals surface area (Å²) in [6.07, 6.45) is 1.36. The highest BCUT2D eigenvalue weighted by molar-refractivity contribution is 9.10. The lowest BCUT2D eigenvalue weighted by Gasteiger charge is -2.14. The number of nitrogens with one attached hydrogen (secondary N) is 2. The Balaban J connectivity index is 2.64. The van der Waals surface area contributed by atoms with Crippen LogP contribution in [0.3, 0.4) is 0 Å². The van der Waals surface area contributed by atoms with Gasteiger partial charge in [-0.25, -0.2) is 4.98 Å². The summed E-state index contributed by atoms with van der Waals surface area (Å²) in [7, 11) is 0. The number of H-pyrrole nitrogens is 1. The van der Waals surface area contributed by atoms with E-state index < -0.39 is 0 Å². The molecule has 1 rings (SSSR count). The lowest BCUT2D eigenvalue weighted by atomic mass is 10.3. The fraction of sp³-hybridized carbons (Fsp3) is 0.556. The Bertz CT molecular complexity index is 367. The van der Waals surface area contributed by atoms with Crippen molar-refractivity contribution in [1.82, 2.24) is 9.97 Å². The fourth-order valence-corrected chi connectivity index (χ4v) is 1.38. The van der Waals surface area contributed by atoms with Gasteiger partial charge in [-0.2, -0.15) is 0 Å². The summed E-state index contributed by atoms with van der Waals surface area (Å²) in [5, 5.41) is 3.08. The molecule has 1 aromatic heterocycles. The molecule has 0 aromatic carbocycles. The van der Waals surface area contributed by atoms with Crippen molar-refractivity contribution < 1.29 is 4.74 Å². The summed E-state index contributed by atoms with van der Waals surface area (Å²) in [6.45, 7) is 5.16. The van der Waals surface area contributed by atoms with Gasteiger partial charge >= 0.3 is 0 Å². The molecule has 1 aromatic rings. The summed E-state index contributed by atoms with van der Waals surface area (Å²) in [4.78, 5) is 17.7. The molecule has 0 amide bonds. The summed E-state index contributed by atoms with van der Waals surface area (Å²) < 4.78 is 5.66. The van der Waals surface area contributed by atoms with Crippen LogP contribution in [0.5, 0.6) is 0 Å². The molecule has 0 aliphatic heterocycles. The van der Waals surface area contributed by atoms with E-state index in [1.165, 1.54) is 6.33 Å². The number of rotatable bonds is 5. The van der Waals surface area contributed by atoms with Gasteiger partial charge in [0.25, 0.3) is 5.56 Å². The first-order valence-corrected chi connectivity index (χ1v) is 5.52. The second kappa shape index (κ2) is 5.87. The van der Waals surface area contributed by atoms with E-state index in [0.717, 1.165) is 0 Å². The van der Waals surface area contributed by atoms with Crippen LogP contribution in [0.4, 0.5) is 5.82 Å². The molecular formula is C9H14BrN3O2. The largest absolute Gasteiger partial charge is 0.380 e. The van der Waals surface area contributed by atoms with Crippen LogP contribution in [0.2, 0.25) is 0 Å². The van der Waals surface area contributed by atoms with Crippen molar-refractivity contribution in [3.8, 4) is 0 Å². The maximum Gasteiger partial charge on any atom is 0.267 e.